The van der Waals surface area contributed by atoms with E-state index in [1.807, 2.05) is 0 Å². The van der Waals surface area contributed by atoms with Crippen molar-refractivity contribution in [2.75, 3.05) is 19.7 Å². The minimum atomic E-state index is -0.918. The molecule has 1 aliphatic heterocycles. The normalized spacial score (nSPS) is 20.8. The number of carboxylic acids is 1. The van der Waals surface area contributed by atoms with Crippen LogP contribution in [0.25, 0.3) is 0 Å². The molecule has 98 valence electrons. The van der Waals surface area contributed by atoms with Crippen LogP contribution in [0.5, 0.6) is 0 Å². The van der Waals surface area contributed by atoms with E-state index in [2.05, 4.69) is 16.8 Å². The molecule has 0 saturated carbocycles. The molecule has 1 aliphatic rings. The van der Waals surface area contributed by atoms with Gasteiger partial charge in [0.25, 0.3) is 0 Å². The minimum Gasteiger partial charge on any atom is -0.478 e. The maximum absolute atomic E-state index is 11.1. The first-order valence-electron chi connectivity index (χ1n) is 6.22. The number of hydrogen-bond donors (Lipinski definition) is 1. The summed E-state index contributed by atoms with van der Waals surface area (Å²) in [5, 5.41) is 9.11. The monoisotopic (exact) mass is 250 g/mol. The number of rotatable bonds is 4. The Labute approximate surface area is 106 Å². The first-order valence-corrected chi connectivity index (χ1v) is 6.22. The maximum Gasteiger partial charge on any atom is 0.337 e. The molecular formula is C13H18N2O3. The van der Waals surface area contributed by atoms with Crippen molar-refractivity contribution in [3.8, 4) is 0 Å². The van der Waals surface area contributed by atoms with Crippen molar-refractivity contribution in [1.82, 2.24) is 9.88 Å². The van der Waals surface area contributed by atoms with Gasteiger partial charge in [-0.3, -0.25) is 9.88 Å². The molecule has 2 heterocycles. The van der Waals surface area contributed by atoms with Crippen molar-refractivity contribution >= 4 is 5.97 Å². The quantitative estimate of drug-likeness (QED) is 0.875. The fourth-order valence-corrected chi connectivity index (χ4v) is 2.14. The summed E-state index contributed by atoms with van der Waals surface area (Å²) < 4.78 is 5.59. The van der Waals surface area contributed by atoms with E-state index in [-0.39, 0.29) is 11.7 Å². The molecular weight excluding hydrogens is 232 g/mol. The van der Waals surface area contributed by atoms with Gasteiger partial charge in [0.05, 0.1) is 24.0 Å². The Morgan fingerprint density at radius 3 is 3.22 bits per heavy atom. The summed E-state index contributed by atoms with van der Waals surface area (Å²) >= 11 is 0. The van der Waals surface area contributed by atoms with E-state index in [1.54, 1.807) is 18.3 Å². The number of carboxylic acid groups (broad SMARTS) is 1. The van der Waals surface area contributed by atoms with Gasteiger partial charge in [-0.05, 0) is 18.6 Å². The Morgan fingerprint density at radius 1 is 1.67 bits per heavy atom. The Hall–Kier alpha value is -1.46. The minimum absolute atomic E-state index is 0.246. The highest BCUT2D eigenvalue weighted by molar-refractivity contribution is 5.88. The lowest BCUT2D eigenvalue weighted by Gasteiger charge is -2.32. The Morgan fingerprint density at radius 2 is 2.50 bits per heavy atom. The predicted molar refractivity (Wildman–Crippen MR) is 66.5 cm³/mol. The fraction of sp³-hybridized carbons (Fsp3) is 0.538. The predicted octanol–water partition coefficient (Wildman–Crippen LogP) is 1.39. The van der Waals surface area contributed by atoms with Crippen LogP contribution in [0.4, 0.5) is 0 Å². The first-order chi connectivity index (χ1) is 8.70. The summed E-state index contributed by atoms with van der Waals surface area (Å²) in [7, 11) is 0. The zero-order chi connectivity index (χ0) is 13.0. The lowest BCUT2D eigenvalue weighted by molar-refractivity contribution is -0.0328. The van der Waals surface area contributed by atoms with Crippen LogP contribution in [0.15, 0.2) is 18.3 Å². The molecule has 0 radical (unpaired) electrons. The van der Waals surface area contributed by atoms with Gasteiger partial charge in [-0.1, -0.05) is 6.92 Å². The number of morpholine rings is 1. The van der Waals surface area contributed by atoms with Gasteiger partial charge in [-0.2, -0.15) is 0 Å². The molecule has 1 atom stereocenters. The molecule has 5 heteroatoms. The average molecular weight is 250 g/mol. The number of carbonyl (C=O) groups is 1. The standard InChI is InChI=1S/C13H18N2O3/c1-2-10-8-15(6-7-18-10)9-12-11(13(16)17)4-3-5-14-12/h3-5,10H,2,6-9H2,1H3,(H,16,17). The third-order valence-corrected chi connectivity index (χ3v) is 3.17. The number of aromatic nitrogens is 1. The van der Waals surface area contributed by atoms with Crippen LogP contribution in [0, 0.1) is 0 Å². The van der Waals surface area contributed by atoms with Crippen LogP contribution in [0.3, 0.4) is 0 Å². The fourth-order valence-electron chi connectivity index (χ4n) is 2.14. The van der Waals surface area contributed by atoms with Gasteiger partial charge in [-0.25, -0.2) is 4.79 Å². The number of nitrogens with zero attached hydrogens (tertiary/aromatic N) is 2. The molecule has 0 amide bonds. The Kier molecular flexibility index (Phi) is 4.28. The third kappa shape index (κ3) is 3.05. The second-order valence-electron chi connectivity index (χ2n) is 4.44. The second-order valence-corrected chi connectivity index (χ2v) is 4.44. The van der Waals surface area contributed by atoms with Gasteiger partial charge in [0.2, 0.25) is 0 Å². The van der Waals surface area contributed by atoms with Crippen molar-refractivity contribution in [1.29, 1.82) is 0 Å². The van der Waals surface area contributed by atoms with Gasteiger partial charge < -0.3 is 9.84 Å². The molecule has 1 aromatic rings. The van der Waals surface area contributed by atoms with Gasteiger partial charge in [0.1, 0.15) is 0 Å². The summed E-state index contributed by atoms with van der Waals surface area (Å²) in [5.41, 5.74) is 0.916. The summed E-state index contributed by atoms with van der Waals surface area (Å²) in [6, 6.07) is 3.25. The molecule has 1 N–H and O–H groups in total. The van der Waals surface area contributed by atoms with Crippen molar-refractivity contribution in [3.63, 3.8) is 0 Å². The van der Waals surface area contributed by atoms with Crippen molar-refractivity contribution < 1.29 is 14.6 Å². The van der Waals surface area contributed by atoms with Crippen LogP contribution in [0.2, 0.25) is 0 Å². The van der Waals surface area contributed by atoms with Crippen LogP contribution in [-0.4, -0.2) is 46.8 Å². The largest absolute Gasteiger partial charge is 0.478 e. The Bertz CT molecular complexity index is 422. The zero-order valence-corrected chi connectivity index (χ0v) is 10.5. The van der Waals surface area contributed by atoms with Crippen LogP contribution in [-0.2, 0) is 11.3 Å². The average Bonchev–Trinajstić information content (AvgIpc) is 2.39. The number of ether oxygens (including phenoxy) is 1. The van der Waals surface area contributed by atoms with E-state index >= 15 is 0 Å². The van der Waals surface area contributed by atoms with Crippen molar-refractivity contribution in [2.24, 2.45) is 0 Å². The van der Waals surface area contributed by atoms with E-state index in [4.69, 9.17) is 9.84 Å². The van der Waals surface area contributed by atoms with E-state index in [0.29, 0.717) is 18.8 Å². The summed E-state index contributed by atoms with van der Waals surface area (Å²) in [5.74, 6) is -0.918. The molecule has 1 unspecified atom stereocenters. The lowest BCUT2D eigenvalue weighted by Crippen LogP contribution is -2.41. The SMILES string of the molecule is CCC1CN(Cc2ncccc2C(=O)O)CCO1. The summed E-state index contributed by atoms with van der Waals surface area (Å²) in [6.45, 7) is 5.03. The van der Waals surface area contributed by atoms with Crippen LogP contribution in [0.1, 0.15) is 29.4 Å². The van der Waals surface area contributed by atoms with E-state index in [0.717, 1.165) is 19.5 Å². The molecule has 0 spiro atoms. The molecule has 0 aliphatic carbocycles. The molecule has 0 bridgehead atoms. The van der Waals surface area contributed by atoms with Gasteiger partial charge in [0.15, 0.2) is 0 Å². The van der Waals surface area contributed by atoms with E-state index in [1.165, 1.54) is 0 Å². The maximum atomic E-state index is 11.1. The number of pyridine rings is 1. The van der Waals surface area contributed by atoms with Gasteiger partial charge >= 0.3 is 5.97 Å². The first kappa shape index (κ1) is 13.0. The van der Waals surface area contributed by atoms with Crippen LogP contribution >= 0.6 is 0 Å². The van der Waals surface area contributed by atoms with Crippen molar-refractivity contribution in [3.05, 3.63) is 29.6 Å². The molecule has 5 nitrogen and oxygen atoms in total. The highest BCUT2D eigenvalue weighted by atomic mass is 16.5. The second kappa shape index (κ2) is 5.93. The lowest BCUT2D eigenvalue weighted by atomic mass is 10.1. The molecule has 1 saturated heterocycles. The molecule has 2 rings (SSSR count). The third-order valence-electron chi connectivity index (χ3n) is 3.17. The summed E-state index contributed by atoms with van der Waals surface area (Å²) in [4.78, 5) is 17.5. The number of aromatic carboxylic acids is 1. The van der Waals surface area contributed by atoms with Gasteiger partial charge in [0, 0.05) is 25.8 Å². The van der Waals surface area contributed by atoms with Crippen molar-refractivity contribution in [2.45, 2.75) is 26.0 Å². The van der Waals surface area contributed by atoms with E-state index in [9.17, 15) is 4.79 Å². The smallest absolute Gasteiger partial charge is 0.337 e. The molecule has 1 aromatic heterocycles. The molecule has 18 heavy (non-hydrogen) atoms. The van der Waals surface area contributed by atoms with E-state index < -0.39 is 5.97 Å². The van der Waals surface area contributed by atoms with Gasteiger partial charge in [-0.15, -0.1) is 0 Å². The topological polar surface area (TPSA) is 62.7 Å². The number of hydrogen-bond acceptors (Lipinski definition) is 4. The zero-order valence-electron chi connectivity index (χ0n) is 10.5. The Balaban J connectivity index is 2.07. The molecule has 0 aromatic carbocycles. The molecule has 1 fully saturated rings. The highest BCUT2D eigenvalue weighted by Crippen LogP contribution is 2.13. The highest BCUT2D eigenvalue weighted by Gasteiger charge is 2.21. The van der Waals surface area contributed by atoms with Crippen LogP contribution < -0.4 is 0 Å². The summed E-state index contributed by atoms with van der Waals surface area (Å²) in [6.07, 6.45) is 2.86.